The van der Waals surface area contributed by atoms with Gasteiger partial charge in [-0.05, 0) is 47.2 Å². The number of phenolic OH excluding ortho intramolecular Hbond substituents is 3. The molecule has 0 aliphatic heterocycles. The lowest BCUT2D eigenvalue weighted by Gasteiger charge is -2.27. The third kappa shape index (κ3) is 5.51. The largest absolute Gasteiger partial charge is 0.507 e. The van der Waals surface area contributed by atoms with Gasteiger partial charge in [-0.2, -0.15) is 0 Å². The molecule has 1 aromatic heterocycles. The van der Waals surface area contributed by atoms with Crippen molar-refractivity contribution in [2.24, 2.45) is 0 Å². The minimum absolute atomic E-state index is 0.148. The minimum atomic E-state index is -0.367. The molecule has 1 heterocycles. The number of hydrogen-bond acceptors (Lipinski definition) is 9. The Hall–Kier alpha value is -4.53. The van der Waals surface area contributed by atoms with Crippen LogP contribution in [0.2, 0.25) is 0 Å². The van der Waals surface area contributed by atoms with Gasteiger partial charge < -0.3 is 38.7 Å². The lowest BCUT2D eigenvalue weighted by Crippen LogP contribution is -2.17. The number of hydrogen-bond donors (Lipinski definition) is 3. The fraction of sp³-hybridized carbons (Fsp3) is 0.364. The van der Waals surface area contributed by atoms with E-state index in [4.69, 9.17) is 28.3 Å². The molecule has 3 aromatic carbocycles. The molecule has 9 heteroatoms. The first kappa shape index (κ1) is 30.4. The zero-order chi connectivity index (χ0) is 31.1. The van der Waals surface area contributed by atoms with Crippen LogP contribution in [-0.4, -0.2) is 48.7 Å². The third-order valence-electron chi connectivity index (χ3n) is 7.10. The second kappa shape index (κ2) is 11.0. The average Bonchev–Trinajstić information content (AvgIpc) is 3.37. The SMILES string of the molecule is COc1cc(-c2nc(-c3cc(C(C)(C)C)c(O)c(C(C)(C)C)c3)oc2-c2cc(OC)c(O)c(OC)c2)cc(OC)c1O. The quantitative estimate of drug-likeness (QED) is 0.206. The van der Waals surface area contributed by atoms with Gasteiger partial charge in [0.25, 0.3) is 0 Å². The van der Waals surface area contributed by atoms with Crippen LogP contribution < -0.4 is 18.9 Å². The molecule has 0 amide bonds. The Bertz CT molecular complexity index is 1460. The summed E-state index contributed by atoms with van der Waals surface area (Å²) >= 11 is 0. The number of aromatic nitrogens is 1. The van der Waals surface area contributed by atoms with E-state index in [9.17, 15) is 15.3 Å². The van der Waals surface area contributed by atoms with E-state index < -0.39 is 0 Å². The van der Waals surface area contributed by atoms with E-state index in [0.29, 0.717) is 34.0 Å². The lowest BCUT2D eigenvalue weighted by atomic mass is 9.78. The highest BCUT2D eigenvalue weighted by Gasteiger charge is 2.29. The van der Waals surface area contributed by atoms with Crippen LogP contribution in [0.15, 0.2) is 40.8 Å². The first-order chi connectivity index (χ1) is 19.6. The Labute approximate surface area is 246 Å². The number of rotatable bonds is 7. The van der Waals surface area contributed by atoms with E-state index in [2.05, 4.69) is 0 Å². The Morgan fingerprint density at radius 2 is 0.929 bits per heavy atom. The van der Waals surface area contributed by atoms with Crippen molar-refractivity contribution in [1.29, 1.82) is 0 Å². The first-order valence-electron chi connectivity index (χ1n) is 13.4. The maximum absolute atomic E-state index is 11.3. The second-order valence-electron chi connectivity index (χ2n) is 12.1. The molecule has 0 fully saturated rings. The minimum Gasteiger partial charge on any atom is -0.507 e. The van der Waals surface area contributed by atoms with Crippen LogP contribution in [0.1, 0.15) is 52.7 Å². The predicted molar refractivity (Wildman–Crippen MR) is 161 cm³/mol. The number of aromatic hydroxyl groups is 3. The molecule has 0 aliphatic rings. The van der Waals surface area contributed by atoms with E-state index in [0.717, 1.165) is 11.1 Å². The van der Waals surface area contributed by atoms with Crippen molar-refractivity contribution in [1.82, 2.24) is 4.98 Å². The molecule has 0 atom stereocenters. The molecule has 9 nitrogen and oxygen atoms in total. The highest BCUT2D eigenvalue weighted by atomic mass is 16.5. The molecule has 42 heavy (non-hydrogen) atoms. The molecule has 0 bridgehead atoms. The van der Waals surface area contributed by atoms with Gasteiger partial charge in [0.15, 0.2) is 28.8 Å². The smallest absolute Gasteiger partial charge is 0.227 e. The van der Waals surface area contributed by atoms with Crippen molar-refractivity contribution >= 4 is 0 Å². The maximum atomic E-state index is 11.3. The maximum Gasteiger partial charge on any atom is 0.227 e. The fourth-order valence-electron chi connectivity index (χ4n) is 4.79. The molecule has 0 unspecified atom stereocenters. The summed E-state index contributed by atoms with van der Waals surface area (Å²) in [5.74, 6) is 1.34. The van der Waals surface area contributed by atoms with Crippen molar-refractivity contribution in [2.45, 2.75) is 52.4 Å². The summed E-state index contributed by atoms with van der Waals surface area (Å²) in [4.78, 5) is 4.93. The van der Waals surface area contributed by atoms with Crippen LogP contribution in [0.5, 0.6) is 40.2 Å². The number of methoxy groups -OCH3 is 4. The van der Waals surface area contributed by atoms with Crippen LogP contribution in [-0.2, 0) is 10.8 Å². The summed E-state index contributed by atoms with van der Waals surface area (Å²) < 4.78 is 28.1. The van der Waals surface area contributed by atoms with Gasteiger partial charge in [0.05, 0.1) is 28.4 Å². The van der Waals surface area contributed by atoms with Gasteiger partial charge in [-0.15, -0.1) is 0 Å². The standard InChI is InChI=1S/C33H39NO8/c1-32(2,3)20-11-19(12-21(27(20)35)33(4,5)6)31-34-26(17-13-22(38-7)28(36)23(14-17)39-8)30(42-31)18-15-24(40-9)29(37)25(16-18)41-10/h11-16,35-37H,1-10H3. The van der Waals surface area contributed by atoms with Crippen molar-refractivity contribution < 1.29 is 38.7 Å². The molecule has 0 aliphatic carbocycles. The van der Waals surface area contributed by atoms with Crippen molar-refractivity contribution in [3.63, 3.8) is 0 Å². The molecule has 4 aromatic rings. The van der Waals surface area contributed by atoms with Gasteiger partial charge in [0, 0.05) is 27.8 Å². The van der Waals surface area contributed by atoms with Gasteiger partial charge >= 0.3 is 0 Å². The van der Waals surface area contributed by atoms with Crippen LogP contribution in [0, 0.1) is 0 Å². The molecule has 4 rings (SSSR count). The van der Waals surface area contributed by atoms with Gasteiger partial charge in [-0.3, -0.25) is 0 Å². The molecular weight excluding hydrogens is 538 g/mol. The summed E-state index contributed by atoms with van der Waals surface area (Å²) in [6.07, 6.45) is 0. The van der Waals surface area contributed by atoms with Gasteiger partial charge in [-0.1, -0.05) is 41.5 Å². The topological polar surface area (TPSA) is 124 Å². The third-order valence-corrected chi connectivity index (χ3v) is 7.10. The molecule has 3 N–H and O–H groups in total. The molecular formula is C33H39NO8. The van der Waals surface area contributed by atoms with Gasteiger partial charge in [-0.25, -0.2) is 4.98 Å². The molecule has 0 saturated heterocycles. The monoisotopic (exact) mass is 577 g/mol. The van der Waals surface area contributed by atoms with Gasteiger partial charge in [0.2, 0.25) is 17.4 Å². The average molecular weight is 578 g/mol. The summed E-state index contributed by atoms with van der Waals surface area (Å²) in [5, 5.41) is 32.4. The molecule has 0 radical (unpaired) electrons. The summed E-state index contributed by atoms with van der Waals surface area (Å²) in [7, 11) is 5.78. The first-order valence-corrected chi connectivity index (χ1v) is 13.4. The van der Waals surface area contributed by atoms with E-state index in [-0.39, 0.29) is 51.1 Å². The van der Waals surface area contributed by atoms with E-state index >= 15 is 0 Å². The Morgan fingerprint density at radius 3 is 1.29 bits per heavy atom. The number of phenols is 3. The van der Waals surface area contributed by atoms with Crippen LogP contribution in [0.4, 0.5) is 0 Å². The number of nitrogens with zero attached hydrogens (tertiary/aromatic N) is 1. The van der Waals surface area contributed by atoms with E-state index in [1.165, 1.54) is 28.4 Å². The predicted octanol–water partition coefficient (Wildman–Crippen LogP) is 7.42. The molecule has 0 saturated carbocycles. The zero-order valence-electron chi connectivity index (χ0n) is 25.8. The van der Waals surface area contributed by atoms with Crippen LogP contribution in [0.25, 0.3) is 34.0 Å². The van der Waals surface area contributed by atoms with Crippen LogP contribution >= 0.6 is 0 Å². The molecule has 0 spiro atoms. The van der Waals surface area contributed by atoms with E-state index in [1.54, 1.807) is 24.3 Å². The Balaban J connectivity index is 2.09. The lowest BCUT2D eigenvalue weighted by molar-refractivity contribution is 0.340. The summed E-state index contributed by atoms with van der Waals surface area (Å²) in [6.45, 7) is 12.2. The van der Waals surface area contributed by atoms with E-state index in [1.807, 2.05) is 53.7 Å². The normalized spacial score (nSPS) is 11.9. The molecule has 224 valence electrons. The van der Waals surface area contributed by atoms with Crippen molar-refractivity contribution in [2.75, 3.05) is 28.4 Å². The Morgan fingerprint density at radius 1 is 0.548 bits per heavy atom. The highest BCUT2D eigenvalue weighted by Crippen LogP contribution is 2.48. The van der Waals surface area contributed by atoms with Crippen LogP contribution in [0.3, 0.4) is 0 Å². The van der Waals surface area contributed by atoms with Crippen molar-refractivity contribution in [3.05, 3.63) is 47.5 Å². The Kier molecular flexibility index (Phi) is 8.00. The zero-order valence-corrected chi connectivity index (χ0v) is 25.8. The number of ether oxygens (including phenoxy) is 4. The number of benzene rings is 3. The highest BCUT2D eigenvalue weighted by molar-refractivity contribution is 5.83. The summed E-state index contributed by atoms with van der Waals surface area (Å²) in [5.41, 5.74) is 2.93. The van der Waals surface area contributed by atoms with Crippen molar-refractivity contribution in [3.8, 4) is 74.3 Å². The second-order valence-corrected chi connectivity index (χ2v) is 12.1. The van der Waals surface area contributed by atoms with Gasteiger partial charge in [0.1, 0.15) is 11.4 Å². The fourth-order valence-corrected chi connectivity index (χ4v) is 4.79. The summed E-state index contributed by atoms with van der Waals surface area (Å²) in [6, 6.07) is 10.3. The number of oxazole rings is 1.